The zero-order valence-corrected chi connectivity index (χ0v) is 13.7. The van der Waals surface area contributed by atoms with Crippen molar-refractivity contribution >= 4 is 34.7 Å². The molecule has 116 valence electrons. The minimum absolute atomic E-state index is 0.141. The third kappa shape index (κ3) is 3.28. The lowest BCUT2D eigenvalue weighted by atomic mass is 10.1. The summed E-state index contributed by atoms with van der Waals surface area (Å²) in [6.45, 7) is 2.09. The molecular weight excluding hydrogens is 321 g/mol. The zero-order valence-electron chi connectivity index (χ0n) is 12.2. The Kier molecular flexibility index (Phi) is 4.41. The number of hydrogen-bond donors (Lipinski definition) is 1. The Balaban J connectivity index is 1.95. The average Bonchev–Trinajstić information content (AvgIpc) is 3.31. The largest absolute Gasteiger partial charge is 0.336 e. The van der Waals surface area contributed by atoms with Crippen LogP contribution in [0, 0.1) is 5.92 Å². The normalized spacial score (nSPS) is 15.6. The monoisotopic (exact) mass is 337 g/mol. The molecule has 3 rings (SSSR count). The van der Waals surface area contributed by atoms with Gasteiger partial charge in [0.1, 0.15) is 5.15 Å². The van der Waals surface area contributed by atoms with Crippen LogP contribution in [0.3, 0.4) is 0 Å². The first-order valence-electron chi connectivity index (χ1n) is 7.39. The van der Waals surface area contributed by atoms with E-state index in [1.807, 2.05) is 0 Å². The molecule has 2 aromatic rings. The maximum absolute atomic E-state index is 12.7. The summed E-state index contributed by atoms with van der Waals surface area (Å²) in [7, 11) is 0. The number of benzene rings is 1. The summed E-state index contributed by atoms with van der Waals surface area (Å²) in [5.41, 5.74) is 0.611. The summed E-state index contributed by atoms with van der Waals surface area (Å²) < 4.78 is 1.73. The van der Waals surface area contributed by atoms with Crippen molar-refractivity contribution in [3.05, 3.63) is 51.0 Å². The van der Waals surface area contributed by atoms with Gasteiger partial charge in [-0.3, -0.25) is 4.79 Å². The molecule has 1 N–H and O–H groups in total. The molecular formula is C16H17Cl2N3O. The minimum Gasteiger partial charge on any atom is -0.336 e. The molecule has 1 aromatic carbocycles. The van der Waals surface area contributed by atoms with Gasteiger partial charge in [-0.15, -0.1) is 0 Å². The van der Waals surface area contributed by atoms with Crippen LogP contribution in [0.5, 0.6) is 0 Å². The maximum atomic E-state index is 12.7. The van der Waals surface area contributed by atoms with E-state index in [4.69, 9.17) is 23.2 Å². The van der Waals surface area contributed by atoms with Crippen LogP contribution in [-0.2, 0) is 0 Å². The Bertz CT molecular complexity index is 723. The predicted octanol–water partition coefficient (Wildman–Crippen LogP) is 4.65. The number of nitrogens with zero attached hydrogens (tertiary/aromatic N) is 2. The Labute approximate surface area is 139 Å². The molecule has 22 heavy (non-hydrogen) atoms. The molecule has 0 spiro atoms. The molecule has 0 unspecified atom stereocenters. The molecule has 1 aliphatic rings. The summed E-state index contributed by atoms with van der Waals surface area (Å²) in [5.74, 6) is 0.818. The summed E-state index contributed by atoms with van der Waals surface area (Å²) in [4.78, 5) is 16.8. The van der Waals surface area contributed by atoms with E-state index in [1.54, 1.807) is 35.0 Å². The van der Waals surface area contributed by atoms with Gasteiger partial charge >= 0.3 is 0 Å². The first kappa shape index (κ1) is 15.4. The van der Waals surface area contributed by atoms with Crippen LogP contribution in [0.15, 0.2) is 35.3 Å². The maximum Gasteiger partial charge on any atom is 0.294 e. The highest BCUT2D eigenvalue weighted by Gasteiger charge is 2.32. The Hall–Kier alpha value is -1.52. The molecule has 0 saturated heterocycles. The van der Waals surface area contributed by atoms with Crippen LogP contribution in [-0.4, -0.2) is 9.55 Å². The predicted molar refractivity (Wildman–Crippen MR) is 90.3 cm³/mol. The third-order valence-electron chi connectivity index (χ3n) is 3.95. The van der Waals surface area contributed by atoms with E-state index in [2.05, 4.69) is 17.2 Å². The van der Waals surface area contributed by atoms with Crippen molar-refractivity contribution in [2.24, 2.45) is 5.92 Å². The Morgan fingerprint density at radius 1 is 1.32 bits per heavy atom. The van der Waals surface area contributed by atoms with Gasteiger partial charge in [-0.05, 0) is 49.4 Å². The van der Waals surface area contributed by atoms with Crippen LogP contribution in [0.4, 0.5) is 11.5 Å². The van der Waals surface area contributed by atoms with Crippen LogP contribution in [0.1, 0.15) is 32.2 Å². The first-order valence-corrected chi connectivity index (χ1v) is 8.15. The number of aromatic nitrogens is 2. The second-order valence-electron chi connectivity index (χ2n) is 5.57. The molecule has 0 amide bonds. The molecule has 4 nitrogen and oxygen atoms in total. The Morgan fingerprint density at radius 2 is 2.00 bits per heavy atom. The highest BCUT2D eigenvalue weighted by Crippen LogP contribution is 2.41. The van der Waals surface area contributed by atoms with Gasteiger partial charge in [-0.1, -0.05) is 30.1 Å². The first-order chi connectivity index (χ1) is 10.6. The van der Waals surface area contributed by atoms with Gasteiger partial charge in [0.05, 0.1) is 0 Å². The van der Waals surface area contributed by atoms with E-state index in [1.165, 1.54) is 12.8 Å². The highest BCUT2D eigenvalue weighted by atomic mass is 35.5. The van der Waals surface area contributed by atoms with E-state index >= 15 is 0 Å². The van der Waals surface area contributed by atoms with Crippen molar-refractivity contribution in [1.29, 1.82) is 0 Å². The van der Waals surface area contributed by atoms with Crippen molar-refractivity contribution in [2.45, 2.75) is 32.2 Å². The standard InChI is InChI=1S/C16H17Cl2N3O/c1-2-13(10-3-4-10)21-9-14(18)20-15(16(21)22)19-12-7-5-11(17)6-8-12/h5-10,13H,2-4H2,1H3,(H,19,20)/t13-/m1/s1. The minimum atomic E-state index is -0.141. The smallest absolute Gasteiger partial charge is 0.294 e. The van der Waals surface area contributed by atoms with Crippen molar-refractivity contribution in [1.82, 2.24) is 9.55 Å². The van der Waals surface area contributed by atoms with Gasteiger partial charge in [-0.2, -0.15) is 0 Å². The summed E-state index contributed by atoms with van der Waals surface area (Å²) in [5, 5.41) is 3.99. The number of anilines is 2. The van der Waals surface area contributed by atoms with Gasteiger partial charge in [0.15, 0.2) is 5.82 Å². The molecule has 1 atom stereocenters. The second-order valence-corrected chi connectivity index (χ2v) is 6.39. The van der Waals surface area contributed by atoms with Crippen LogP contribution in [0.25, 0.3) is 0 Å². The zero-order chi connectivity index (χ0) is 15.7. The van der Waals surface area contributed by atoms with E-state index in [9.17, 15) is 4.79 Å². The van der Waals surface area contributed by atoms with Crippen molar-refractivity contribution in [2.75, 3.05) is 5.32 Å². The number of nitrogens with one attached hydrogen (secondary N) is 1. The van der Waals surface area contributed by atoms with Crippen molar-refractivity contribution < 1.29 is 0 Å². The molecule has 1 saturated carbocycles. The fraction of sp³-hybridized carbons (Fsp3) is 0.375. The summed E-state index contributed by atoms with van der Waals surface area (Å²) in [6.07, 6.45) is 4.89. The molecule has 0 aliphatic heterocycles. The lowest BCUT2D eigenvalue weighted by Gasteiger charge is -2.19. The fourth-order valence-corrected chi connectivity index (χ4v) is 3.03. The van der Waals surface area contributed by atoms with E-state index in [0.29, 0.717) is 16.1 Å². The quantitative estimate of drug-likeness (QED) is 0.863. The van der Waals surface area contributed by atoms with Crippen molar-refractivity contribution in [3.63, 3.8) is 0 Å². The Morgan fingerprint density at radius 3 is 2.59 bits per heavy atom. The molecule has 1 heterocycles. The second kappa shape index (κ2) is 6.31. The van der Waals surface area contributed by atoms with Gasteiger partial charge in [0.2, 0.25) is 0 Å². The average molecular weight is 338 g/mol. The SMILES string of the molecule is CC[C@H](C1CC1)n1cc(Cl)nc(Nc2ccc(Cl)cc2)c1=O. The molecule has 0 bridgehead atoms. The molecule has 1 aromatic heterocycles. The van der Waals surface area contributed by atoms with E-state index in [0.717, 1.165) is 12.1 Å². The summed E-state index contributed by atoms with van der Waals surface area (Å²) >= 11 is 12.0. The van der Waals surface area contributed by atoms with Gasteiger partial charge in [0.25, 0.3) is 5.56 Å². The number of halogens is 2. The van der Waals surface area contributed by atoms with Crippen LogP contribution in [0.2, 0.25) is 10.2 Å². The number of hydrogen-bond acceptors (Lipinski definition) is 3. The van der Waals surface area contributed by atoms with Gasteiger partial charge in [0, 0.05) is 22.9 Å². The number of rotatable bonds is 5. The van der Waals surface area contributed by atoms with E-state index < -0.39 is 0 Å². The van der Waals surface area contributed by atoms with Crippen LogP contribution < -0.4 is 10.9 Å². The topological polar surface area (TPSA) is 46.9 Å². The molecule has 1 fully saturated rings. The highest BCUT2D eigenvalue weighted by molar-refractivity contribution is 6.30. The van der Waals surface area contributed by atoms with Gasteiger partial charge in [-0.25, -0.2) is 4.98 Å². The fourth-order valence-electron chi connectivity index (χ4n) is 2.72. The van der Waals surface area contributed by atoms with Gasteiger partial charge < -0.3 is 9.88 Å². The van der Waals surface area contributed by atoms with Crippen LogP contribution >= 0.6 is 23.2 Å². The van der Waals surface area contributed by atoms with E-state index in [-0.39, 0.29) is 17.4 Å². The molecule has 6 heteroatoms. The lowest BCUT2D eigenvalue weighted by molar-refractivity contribution is 0.419. The lowest BCUT2D eigenvalue weighted by Crippen LogP contribution is -2.28. The summed E-state index contributed by atoms with van der Waals surface area (Å²) in [6, 6.07) is 7.30. The molecule has 0 radical (unpaired) electrons. The third-order valence-corrected chi connectivity index (χ3v) is 4.38. The molecule has 1 aliphatic carbocycles. The van der Waals surface area contributed by atoms with Crippen molar-refractivity contribution in [3.8, 4) is 0 Å².